The van der Waals surface area contributed by atoms with Crippen molar-refractivity contribution in [1.29, 1.82) is 5.26 Å². The van der Waals surface area contributed by atoms with Crippen molar-refractivity contribution in [2.75, 3.05) is 0 Å². The van der Waals surface area contributed by atoms with Gasteiger partial charge in [0.2, 0.25) is 0 Å². The molecule has 0 amide bonds. The Balaban J connectivity index is 3.22. The standard InChI is InChI=1S/C14H13Cl2NO/c1-14(2,3)13(18)10(8-17)6-9-4-5-11(15)7-12(9)16/h4-7H,1-3H3. The maximum Gasteiger partial charge on any atom is 0.178 e. The van der Waals surface area contributed by atoms with E-state index in [1.807, 2.05) is 6.07 Å². The van der Waals surface area contributed by atoms with Gasteiger partial charge in [0.15, 0.2) is 5.78 Å². The largest absolute Gasteiger partial charge is 0.293 e. The predicted octanol–water partition coefficient (Wildman–Crippen LogP) is 4.52. The second-order valence-corrected chi connectivity index (χ2v) is 5.76. The maximum absolute atomic E-state index is 12.0. The number of rotatable bonds is 2. The fraction of sp³-hybridized carbons (Fsp3) is 0.286. The molecule has 0 heterocycles. The minimum Gasteiger partial charge on any atom is -0.293 e. The first-order chi connectivity index (χ1) is 8.25. The summed E-state index contributed by atoms with van der Waals surface area (Å²) in [5, 5.41) is 9.98. The Hall–Kier alpha value is -1.30. The second kappa shape index (κ2) is 5.56. The van der Waals surface area contributed by atoms with Crippen LogP contribution in [0.25, 0.3) is 6.08 Å². The van der Waals surface area contributed by atoms with E-state index in [0.29, 0.717) is 15.6 Å². The Morgan fingerprint density at radius 1 is 1.33 bits per heavy atom. The van der Waals surface area contributed by atoms with Crippen molar-refractivity contribution in [3.63, 3.8) is 0 Å². The molecule has 0 unspecified atom stereocenters. The van der Waals surface area contributed by atoms with Crippen molar-refractivity contribution >= 4 is 35.1 Å². The molecule has 0 N–H and O–H groups in total. The molecule has 0 aromatic heterocycles. The molecule has 0 bridgehead atoms. The molecule has 1 aromatic carbocycles. The van der Waals surface area contributed by atoms with E-state index in [9.17, 15) is 4.79 Å². The van der Waals surface area contributed by atoms with Crippen molar-refractivity contribution < 1.29 is 4.79 Å². The van der Waals surface area contributed by atoms with Gasteiger partial charge in [-0.05, 0) is 23.8 Å². The Labute approximate surface area is 117 Å². The summed E-state index contributed by atoms with van der Waals surface area (Å²) in [6, 6.07) is 6.83. The lowest BCUT2D eigenvalue weighted by Crippen LogP contribution is -2.21. The molecule has 0 fully saturated rings. The average molecular weight is 282 g/mol. The lowest BCUT2D eigenvalue weighted by atomic mass is 9.86. The van der Waals surface area contributed by atoms with Gasteiger partial charge in [-0.2, -0.15) is 5.26 Å². The monoisotopic (exact) mass is 281 g/mol. The SMILES string of the molecule is CC(C)(C)C(=O)C(C#N)=Cc1ccc(Cl)cc1Cl. The minimum absolute atomic E-state index is 0.0896. The zero-order chi connectivity index (χ0) is 13.9. The number of nitrogens with zero attached hydrogens (tertiary/aromatic N) is 1. The van der Waals surface area contributed by atoms with Crippen LogP contribution in [0.1, 0.15) is 26.3 Å². The first-order valence-electron chi connectivity index (χ1n) is 5.37. The second-order valence-electron chi connectivity index (χ2n) is 4.91. The van der Waals surface area contributed by atoms with Gasteiger partial charge < -0.3 is 0 Å². The molecule has 1 rings (SSSR count). The Morgan fingerprint density at radius 2 is 1.94 bits per heavy atom. The molecule has 0 radical (unpaired) electrons. The third kappa shape index (κ3) is 3.60. The van der Waals surface area contributed by atoms with Crippen molar-refractivity contribution in [1.82, 2.24) is 0 Å². The van der Waals surface area contributed by atoms with Crippen LogP contribution in [0.4, 0.5) is 0 Å². The van der Waals surface area contributed by atoms with Crippen LogP contribution in [0, 0.1) is 16.7 Å². The summed E-state index contributed by atoms with van der Waals surface area (Å²) < 4.78 is 0. The number of Topliss-reactive ketones (excluding diaryl/α,β-unsaturated/α-hetero) is 1. The van der Waals surface area contributed by atoms with Crippen LogP contribution in [0.15, 0.2) is 23.8 Å². The summed E-state index contributed by atoms with van der Waals surface area (Å²) in [7, 11) is 0. The van der Waals surface area contributed by atoms with Crippen molar-refractivity contribution in [2.24, 2.45) is 5.41 Å². The molecule has 18 heavy (non-hydrogen) atoms. The van der Waals surface area contributed by atoms with Crippen LogP contribution in [0.5, 0.6) is 0 Å². The number of benzene rings is 1. The number of allylic oxidation sites excluding steroid dienone is 1. The molecule has 4 heteroatoms. The molecule has 0 spiro atoms. The molecule has 0 saturated carbocycles. The summed E-state index contributed by atoms with van der Waals surface area (Å²) in [6.07, 6.45) is 1.49. The van der Waals surface area contributed by atoms with E-state index in [-0.39, 0.29) is 11.4 Å². The highest BCUT2D eigenvalue weighted by Gasteiger charge is 2.25. The fourth-order valence-electron chi connectivity index (χ4n) is 1.33. The molecular formula is C14H13Cl2NO. The topological polar surface area (TPSA) is 40.9 Å². The Morgan fingerprint density at radius 3 is 2.39 bits per heavy atom. The number of nitriles is 1. The number of carbonyl (C=O) groups excluding carboxylic acids is 1. The van der Waals surface area contributed by atoms with Gasteiger partial charge in [0.25, 0.3) is 0 Å². The van der Waals surface area contributed by atoms with E-state index in [1.54, 1.807) is 39.0 Å². The first-order valence-corrected chi connectivity index (χ1v) is 6.13. The van der Waals surface area contributed by atoms with Gasteiger partial charge in [0.05, 0.1) is 5.57 Å². The molecule has 0 saturated heterocycles. The fourth-order valence-corrected chi connectivity index (χ4v) is 1.79. The summed E-state index contributed by atoms with van der Waals surface area (Å²) in [6.45, 7) is 5.30. The molecule has 0 atom stereocenters. The van der Waals surface area contributed by atoms with E-state index in [4.69, 9.17) is 28.5 Å². The van der Waals surface area contributed by atoms with Crippen LogP contribution in [0.2, 0.25) is 10.0 Å². The van der Waals surface area contributed by atoms with Crippen molar-refractivity contribution in [2.45, 2.75) is 20.8 Å². The molecule has 0 aliphatic heterocycles. The summed E-state index contributed by atoms with van der Waals surface area (Å²) in [4.78, 5) is 12.0. The van der Waals surface area contributed by atoms with Gasteiger partial charge in [0.1, 0.15) is 6.07 Å². The quantitative estimate of drug-likeness (QED) is 0.591. The van der Waals surface area contributed by atoms with Gasteiger partial charge in [-0.15, -0.1) is 0 Å². The minimum atomic E-state index is -0.597. The summed E-state index contributed by atoms with van der Waals surface area (Å²) in [5.41, 5.74) is 0.0995. The average Bonchev–Trinajstić information content (AvgIpc) is 2.26. The third-order valence-corrected chi connectivity index (χ3v) is 2.87. The van der Waals surface area contributed by atoms with Gasteiger partial charge in [0, 0.05) is 15.5 Å². The number of hydrogen-bond acceptors (Lipinski definition) is 2. The number of halogens is 2. The van der Waals surface area contributed by atoms with Crippen LogP contribution in [0.3, 0.4) is 0 Å². The molecule has 0 aliphatic rings. The third-order valence-electron chi connectivity index (χ3n) is 2.31. The molecular weight excluding hydrogens is 269 g/mol. The smallest absolute Gasteiger partial charge is 0.178 e. The van der Waals surface area contributed by atoms with Crippen LogP contribution < -0.4 is 0 Å². The van der Waals surface area contributed by atoms with Gasteiger partial charge in [-0.3, -0.25) is 4.79 Å². The van der Waals surface area contributed by atoms with E-state index in [2.05, 4.69) is 0 Å². The van der Waals surface area contributed by atoms with Crippen molar-refractivity contribution in [3.05, 3.63) is 39.4 Å². The molecule has 0 aliphatic carbocycles. The molecule has 2 nitrogen and oxygen atoms in total. The zero-order valence-corrected chi connectivity index (χ0v) is 11.9. The highest BCUT2D eigenvalue weighted by Crippen LogP contribution is 2.26. The summed E-state index contributed by atoms with van der Waals surface area (Å²) >= 11 is 11.8. The van der Waals surface area contributed by atoms with E-state index >= 15 is 0 Å². The highest BCUT2D eigenvalue weighted by atomic mass is 35.5. The normalized spacial score (nSPS) is 12.1. The van der Waals surface area contributed by atoms with Gasteiger partial charge in [-0.25, -0.2) is 0 Å². The zero-order valence-electron chi connectivity index (χ0n) is 10.4. The van der Waals surface area contributed by atoms with Crippen LogP contribution >= 0.6 is 23.2 Å². The number of ketones is 1. The lowest BCUT2D eigenvalue weighted by Gasteiger charge is -2.15. The van der Waals surface area contributed by atoms with Gasteiger partial charge >= 0.3 is 0 Å². The first kappa shape index (κ1) is 14.8. The Bertz CT molecular complexity index is 548. The summed E-state index contributed by atoms with van der Waals surface area (Å²) in [5.74, 6) is -0.212. The van der Waals surface area contributed by atoms with Crippen molar-refractivity contribution in [3.8, 4) is 6.07 Å². The molecule has 94 valence electrons. The van der Waals surface area contributed by atoms with Crippen LogP contribution in [-0.4, -0.2) is 5.78 Å². The lowest BCUT2D eigenvalue weighted by molar-refractivity contribution is -0.121. The number of hydrogen-bond donors (Lipinski definition) is 0. The highest BCUT2D eigenvalue weighted by molar-refractivity contribution is 6.35. The van der Waals surface area contributed by atoms with Crippen LogP contribution in [-0.2, 0) is 4.79 Å². The van der Waals surface area contributed by atoms with E-state index in [0.717, 1.165) is 0 Å². The molecule has 1 aromatic rings. The van der Waals surface area contributed by atoms with Gasteiger partial charge in [-0.1, -0.05) is 50.0 Å². The Kier molecular flexibility index (Phi) is 4.56. The van der Waals surface area contributed by atoms with E-state index in [1.165, 1.54) is 6.08 Å². The number of carbonyl (C=O) groups is 1. The maximum atomic E-state index is 12.0. The van der Waals surface area contributed by atoms with E-state index < -0.39 is 5.41 Å². The predicted molar refractivity (Wildman–Crippen MR) is 74.5 cm³/mol.